The number of fused-ring (bicyclic) bond motifs is 1. The normalized spacial score (nSPS) is 35.5. The quantitative estimate of drug-likeness (QED) is 0.851. The molecule has 1 saturated carbocycles. The van der Waals surface area contributed by atoms with E-state index in [4.69, 9.17) is 5.11 Å². The third kappa shape index (κ3) is 2.83. The summed E-state index contributed by atoms with van der Waals surface area (Å²) >= 11 is 0. The van der Waals surface area contributed by atoms with Gasteiger partial charge in [-0.1, -0.05) is 6.42 Å². The standard InChI is InChI=1S/C14H24N2O4S/c17-14(18)12-6-2-8-15(10-12)21(19,20)16-9-3-5-11-4-1-7-13(11)16/h11-13H,1-10H2,(H,17,18). The minimum Gasteiger partial charge on any atom is -0.481 e. The van der Waals surface area contributed by atoms with Gasteiger partial charge in [0.2, 0.25) is 0 Å². The molecule has 3 rings (SSSR count). The molecule has 120 valence electrons. The summed E-state index contributed by atoms with van der Waals surface area (Å²) < 4.78 is 28.9. The molecule has 0 radical (unpaired) electrons. The molecule has 0 bridgehead atoms. The smallest absolute Gasteiger partial charge is 0.307 e. The predicted molar refractivity (Wildman–Crippen MR) is 77.9 cm³/mol. The molecule has 0 spiro atoms. The largest absolute Gasteiger partial charge is 0.481 e. The summed E-state index contributed by atoms with van der Waals surface area (Å²) in [7, 11) is -3.50. The number of aliphatic carboxylic acids is 1. The summed E-state index contributed by atoms with van der Waals surface area (Å²) in [5.41, 5.74) is 0. The van der Waals surface area contributed by atoms with Crippen molar-refractivity contribution in [3.05, 3.63) is 0 Å². The Labute approximate surface area is 126 Å². The molecule has 7 heteroatoms. The summed E-state index contributed by atoms with van der Waals surface area (Å²) in [5.74, 6) is -0.932. The molecule has 2 aliphatic heterocycles. The maximum absolute atomic E-state index is 12.9. The second-order valence-electron chi connectivity index (χ2n) is 6.55. The van der Waals surface area contributed by atoms with Gasteiger partial charge < -0.3 is 5.11 Å². The Kier molecular flexibility index (Phi) is 4.25. The molecule has 0 aromatic heterocycles. The molecule has 0 aromatic rings. The van der Waals surface area contributed by atoms with Crippen molar-refractivity contribution in [3.8, 4) is 0 Å². The first-order valence-corrected chi connectivity index (χ1v) is 9.39. The van der Waals surface area contributed by atoms with Crippen molar-refractivity contribution in [2.24, 2.45) is 11.8 Å². The molecular formula is C14H24N2O4S. The summed E-state index contributed by atoms with van der Waals surface area (Å²) in [6, 6.07) is 0.147. The van der Waals surface area contributed by atoms with Crippen LogP contribution in [0.25, 0.3) is 0 Å². The van der Waals surface area contributed by atoms with Crippen molar-refractivity contribution < 1.29 is 18.3 Å². The van der Waals surface area contributed by atoms with Crippen molar-refractivity contribution >= 4 is 16.2 Å². The van der Waals surface area contributed by atoms with Crippen LogP contribution < -0.4 is 0 Å². The van der Waals surface area contributed by atoms with Crippen LogP contribution in [0.1, 0.15) is 44.9 Å². The van der Waals surface area contributed by atoms with Crippen molar-refractivity contribution in [2.45, 2.75) is 51.0 Å². The summed E-state index contributed by atoms with van der Waals surface area (Å²) in [6.45, 7) is 1.18. The van der Waals surface area contributed by atoms with Crippen LogP contribution in [0.5, 0.6) is 0 Å². The highest BCUT2D eigenvalue weighted by Crippen LogP contribution is 2.39. The number of carbonyl (C=O) groups is 1. The van der Waals surface area contributed by atoms with Gasteiger partial charge in [0, 0.05) is 25.7 Å². The van der Waals surface area contributed by atoms with E-state index in [1.54, 1.807) is 4.31 Å². The van der Waals surface area contributed by atoms with Gasteiger partial charge in [0.15, 0.2) is 0 Å². The van der Waals surface area contributed by atoms with Crippen LogP contribution in [-0.2, 0) is 15.0 Å². The van der Waals surface area contributed by atoms with Crippen molar-refractivity contribution in [3.63, 3.8) is 0 Å². The van der Waals surface area contributed by atoms with E-state index in [9.17, 15) is 13.2 Å². The number of hydrogen-bond donors (Lipinski definition) is 1. The van der Waals surface area contributed by atoms with Crippen LogP contribution in [0.4, 0.5) is 0 Å². The predicted octanol–water partition coefficient (Wildman–Crippen LogP) is 1.29. The highest BCUT2D eigenvalue weighted by atomic mass is 32.2. The van der Waals surface area contributed by atoms with E-state index in [0.717, 1.165) is 32.1 Å². The van der Waals surface area contributed by atoms with Crippen LogP contribution in [0, 0.1) is 11.8 Å². The van der Waals surface area contributed by atoms with E-state index in [0.29, 0.717) is 31.8 Å². The fraction of sp³-hybridized carbons (Fsp3) is 0.929. The Morgan fingerprint density at radius 2 is 1.71 bits per heavy atom. The molecule has 0 amide bonds. The van der Waals surface area contributed by atoms with Crippen molar-refractivity contribution in [2.75, 3.05) is 19.6 Å². The van der Waals surface area contributed by atoms with Gasteiger partial charge in [0.1, 0.15) is 0 Å². The van der Waals surface area contributed by atoms with Gasteiger partial charge in [0.05, 0.1) is 5.92 Å². The minimum absolute atomic E-state index is 0.131. The third-order valence-corrected chi connectivity index (χ3v) is 7.33. The maximum Gasteiger partial charge on any atom is 0.307 e. The zero-order valence-corrected chi connectivity index (χ0v) is 13.1. The van der Waals surface area contributed by atoms with Crippen LogP contribution in [0.15, 0.2) is 0 Å². The summed E-state index contributed by atoms with van der Waals surface area (Å²) in [5, 5.41) is 9.15. The minimum atomic E-state index is -3.50. The van der Waals surface area contributed by atoms with E-state index in [1.807, 2.05) is 0 Å². The molecule has 6 nitrogen and oxygen atoms in total. The van der Waals surface area contributed by atoms with E-state index in [2.05, 4.69) is 0 Å². The lowest BCUT2D eigenvalue weighted by molar-refractivity contribution is -0.142. The second-order valence-corrected chi connectivity index (χ2v) is 8.44. The van der Waals surface area contributed by atoms with Crippen molar-refractivity contribution in [1.82, 2.24) is 8.61 Å². The first-order chi connectivity index (χ1) is 10.00. The van der Waals surface area contributed by atoms with Gasteiger partial charge in [-0.2, -0.15) is 17.0 Å². The lowest BCUT2D eigenvalue weighted by Gasteiger charge is -2.41. The molecule has 2 saturated heterocycles. The van der Waals surface area contributed by atoms with E-state index in [1.165, 1.54) is 4.31 Å². The molecule has 21 heavy (non-hydrogen) atoms. The van der Waals surface area contributed by atoms with E-state index >= 15 is 0 Å². The highest BCUT2D eigenvalue weighted by Gasteiger charge is 2.44. The monoisotopic (exact) mass is 316 g/mol. The number of nitrogens with zero attached hydrogens (tertiary/aromatic N) is 2. The number of piperidine rings is 2. The molecule has 3 fully saturated rings. The van der Waals surface area contributed by atoms with Crippen LogP contribution >= 0.6 is 0 Å². The molecule has 0 aromatic carbocycles. The lowest BCUT2D eigenvalue weighted by atomic mass is 9.94. The third-order valence-electron chi connectivity index (χ3n) is 5.30. The van der Waals surface area contributed by atoms with Crippen molar-refractivity contribution in [1.29, 1.82) is 0 Å². The first-order valence-electron chi connectivity index (χ1n) is 8.00. The number of hydrogen-bond acceptors (Lipinski definition) is 3. The van der Waals surface area contributed by atoms with Gasteiger partial charge in [-0.25, -0.2) is 0 Å². The summed E-state index contributed by atoms with van der Waals surface area (Å²) in [6.07, 6.45) is 6.48. The van der Waals surface area contributed by atoms with Gasteiger partial charge in [-0.3, -0.25) is 4.79 Å². The number of rotatable bonds is 3. The van der Waals surface area contributed by atoms with Crippen LogP contribution in [0.2, 0.25) is 0 Å². The average Bonchev–Trinajstić information content (AvgIpc) is 2.95. The Balaban J connectivity index is 1.77. The molecule has 3 unspecified atom stereocenters. The SMILES string of the molecule is O=C(O)C1CCCN(S(=O)(=O)N2CCCC3CCCC32)C1. The Morgan fingerprint density at radius 1 is 1.00 bits per heavy atom. The average molecular weight is 316 g/mol. The fourth-order valence-corrected chi connectivity index (χ4v) is 6.20. The van der Waals surface area contributed by atoms with Crippen LogP contribution in [0.3, 0.4) is 0 Å². The van der Waals surface area contributed by atoms with Gasteiger partial charge in [-0.15, -0.1) is 0 Å². The fourth-order valence-electron chi connectivity index (χ4n) is 4.20. The Hall–Kier alpha value is -0.660. The maximum atomic E-state index is 12.9. The second kappa shape index (κ2) is 5.85. The molecule has 1 aliphatic carbocycles. The van der Waals surface area contributed by atoms with E-state index in [-0.39, 0.29) is 12.6 Å². The molecule has 2 heterocycles. The zero-order chi connectivity index (χ0) is 15.0. The molecule has 3 atom stereocenters. The number of carboxylic acid groups (broad SMARTS) is 1. The van der Waals surface area contributed by atoms with E-state index < -0.39 is 22.1 Å². The Bertz CT molecular complexity index is 507. The molecule has 3 aliphatic rings. The lowest BCUT2D eigenvalue weighted by Crippen LogP contribution is -2.54. The van der Waals surface area contributed by atoms with Gasteiger partial charge in [-0.05, 0) is 44.4 Å². The highest BCUT2D eigenvalue weighted by molar-refractivity contribution is 7.86. The topological polar surface area (TPSA) is 77.9 Å². The van der Waals surface area contributed by atoms with Crippen LogP contribution in [-0.4, -0.2) is 53.8 Å². The summed E-state index contributed by atoms with van der Waals surface area (Å²) in [4.78, 5) is 11.2. The Morgan fingerprint density at radius 3 is 2.48 bits per heavy atom. The molecular weight excluding hydrogens is 292 g/mol. The van der Waals surface area contributed by atoms with Gasteiger partial charge in [0.25, 0.3) is 10.2 Å². The number of carboxylic acids is 1. The zero-order valence-electron chi connectivity index (χ0n) is 12.3. The van der Waals surface area contributed by atoms with Gasteiger partial charge >= 0.3 is 5.97 Å². The first kappa shape index (κ1) is 15.2. The molecule has 1 N–H and O–H groups in total.